The molecule has 0 aliphatic heterocycles. The van der Waals surface area contributed by atoms with Gasteiger partial charge in [-0.25, -0.2) is 0 Å². The van der Waals surface area contributed by atoms with Gasteiger partial charge in [0, 0.05) is 13.0 Å². The minimum absolute atomic E-state index is 0.107. The first-order chi connectivity index (χ1) is 9.01. The maximum atomic E-state index is 10.4. The van der Waals surface area contributed by atoms with Crippen molar-refractivity contribution in [2.75, 3.05) is 7.11 Å². The second kappa shape index (κ2) is 6.52. The molecule has 1 rings (SSSR count). The van der Waals surface area contributed by atoms with Gasteiger partial charge in [0.05, 0.1) is 18.3 Å². The Morgan fingerprint density at radius 3 is 2.20 bits per heavy atom. The molecule has 5 heteroatoms. The molecule has 20 heavy (non-hydrogen) atoms. The summed E-state index contributed by atoms with van der Waals surface area (Å²) in [5.41, 5.74) is 0. The molecule has 0 heterocycles. The molecule has 118 valence electrons. The first kappa shape index (κ1) is 18.2. The lowest BCUT2D eigenvalue weighted by atomic mass is 9.82. The van der Waals surface area contributed by atoms with Gasteiger partial charge in [0.15, 0.2) is 8.32 Å². The fourth-order valence-corrected chi connectivity index (χ4v) is 4.05. The average molecular weight is 319 g/mol. The van der Waals surface area contributed by atoms with Crippen molar-refractivity contribution in [3.05, 3.63) is 11.5 Å². The molecule has 0 aromatic heterocycles. The number of ether oxygens (including phenoxy) is 1. The molecule has 1 aliphatic rings. The van der Waals surface area contributed by atoms with Gasteiger partial charge in [-0.05, 0) is 35.9 Å². The Morgan fingerprint density at radius 2 is 1.80 bits per heavy atom. The lowest BCUT2D eigenvalue weighted by Crippen LogP contribution is -2.55. The Kier molecular flexibility index (Phi) is 5.95. The molecule has 0 spiro atoms. The van der Waals surface area contributed by atoms with Gasteiger partial charge >= 0.3 is 0 Å². The van der Waals surface area contributed by atoms with Crippen LogP contribution >= 0.6 is 12.6 Å². The third-order valence-electron chi connectivity index (χ3n) is 4.81. The summed E-state index contributed by atoms with van der Waals surface area (Å²) < 4.78 is 12.1. The van der Waals surface area contributed by atoms with Gasteiger partial charge in [0.2, 0.25) is 0 Å². The van der Waals surface area contributed by atoms with Gasteiger partial charge in [0.1, 0.15) is 0 Å². The normalized spacial score (nSPS) is 32.2. The van der Waals surface area contributed by atoms with Crippen LogP contribution in [0, 0.1) is 5.92 Å². The standard InChI is InChI=1S/C15H30O3SSi/c1-10(19)11-8-9-12(16)14(13(11)17-5)18-20(6,7)15(2,3)4/h11-14,16,19H,1,8-9H2,2-7H3/t11?,12?,13-,14?/m1/s1. The highest BCUT2D eigenvalue weighted by Crippen LogP contribution is 2.41. The third-order valence-corrected chi connectivity index (χ3v) is 9.62. The van der Waals surface area contributed by atoms with Gasteiger partial charge in [-0.15, -0.1) is 12.6 Å². The van der Waals surface area contributed by atoms with E-state index in [-0.39, 0.29) is 23.2 Å². The molecule has 0 aromatic rings. The number of hydrogen-bond acceptors (Lipinski definition) is 4. The molecule has 0 saturated heterocycles. The molecule has 1 N–H and O–H groups in total. The predicted octanol–water partition coefficient (Wildman–Crippen LogP) is 3.61. The van der Waals surface area contributed by atoms with Crippen molar-refractivity contribution >= 4 is 20.9 Å². The topological polar surface area (TPSA) is 38.7 Å². The first-order valence-electron chi connectivity index (χ1n) is 7.27. The van der Waals surface area contributed by atoms with Crippen LogP contribution in [-0.2, 0) is 9.16 Å². The van der Waals surface area contributed by atoms with Crippen LogP contribution in [0.2, 0.25) is 18.1 Å². The van der Waals surface area contributed by atoms with Gasteiger partial charge < -0.3 is 14.3 Å². The van der Waals surface area contributed by atoms with E-state index in [1.165, 1.54) is 0 Å². The molecule has 4 atom stereocenters. The van der Waals surface area contributed by atoms with E-state index in [0.717, 1.165) is 11.3 Å². The molecule has 3 nitrogen and oxygen atoms in total. The smallest absolute Gasteiger partial charge is 0.192 e. The van der Waals surface area contributed by atoms with E-state index >= 15 is 0 Å². The maximum absolute atomic E-state index is 10.4. The maximum Gasteiger partial charge on any atom is 0.192 e. The number of methoxy groups -OCH3 is 1. The summed E-state index contributed by atoms with van der Waals surface area (Å²) in [5.74, 6) is 0.140. The Labute approximate surface area is 130 Å². The SMILES string of the molecule is C=C(S)C1CCC(O)C(O[Si](C)(C)C(C)(C)C)[C@@H]1OC. The van der Waals surface area contributed by atoms with Crippen molar-refractivity contribution < 1.29 is 14.3 Å². The van der Waals surface area contributed by atoms with Crippen LogP contribution in [0.25, 0.3) is 0 Å². The second-order valence-electron chi connectivity index (χ2n) is 7.29. The Morgan fingerprint density at radius 1 is 1.25 bits per heavy atom. The largest absolute Gasteiger partial charge is 0.409 e. The fourth-order valence-electron chi connectivity index (χ4n) is 2.44. The summed E-state index contributed by atoms with van der Waals surface area (Å²) in [6, 6.07) is 0. The lowest BCUT2D eigenvalue weighted by Gasteiger charge is -2.46. The highest BCUT2D eigenvalue weighted by atomic mass is 32.1. The number of aliphatic hydroxyl groups excluding tert-OH is 1. The summed E-state index contributed by atoms with van der Waals surface area (Å²) in [6.45, 7) is 14.9. The molecule has 0 aromatic carbocycles. The zero-order valence-electron chi connectivity index (χ0n) is 13.6. The molecule has 0 bridgehead atoms. The van der Waals surface area contributed by atoms with Crippen molar-refractivity contribution in [1.29, 1.82) is 0 Å². The monoisotopic (exact) mass is 318 g/mol. The summed E-state index contributed by atoms with van der Waals surface area (Å²) in [6.07, 6.45) is 0.627. The minimum Gasteiger partial charge on any atom is -0.409 e. The highest BCUT2D eigenvalue weighted by molar-refractivity contribution is 7.84. The zero-order valence-corrected chi connectivity index (χ0v) is 15.5. The molecule has 1 fully saturated rings. The van der Waals surface area contributed by atoms with Crippen LogP contribution in [-0.4, -0.2) is 38.8 Å². The third kappa shape index (κ3) is 3.88. The Balaban J connectivity index is 2.97. The number of hydrogen-bond donors (Lipinski definition) is 2. The van der Waals surface area contributed by atoms with Crippen LogP contribution in [0.4, 0.5) is 0 Å². The zero-order chi connectivity index (χ0) is 15.7. The first-order valence-corrected chi connectivity index (χ1v) is 10.6. The van der Waals surface area contributed by atoms with Crippen LogP contribution in [0.15, 0.2) is 11.5 Å². The van der Waals surface area contributed by atoms with Crippen molar-refractivity contribution in [3.63, 3.8) is 0 Å². The van der Waals surface area contributed by atoms with E-state index in [4.69, 9.17) is 9.16 Å². The Hall–Kier alpha value is 0.187. The molecule has 0 amide bonds. The summed E-state index contributed by atoms with van der Waals surface area (Å²) in [5, 5.41) is 10.5. The summed E-state index contributed by atoms with van der Waals surface area (Å²) in [4.78, 5) is 0.813. The molecular weight excluding hydrogens is 288 g/mol. The molecule has 3 unspecified atom stereocenters. The van der Waals surface area contributed by atoms with E-state index in [2.05, 4.69) is 53.1 Å². The van der Waals surface area contributed by atoms with Gasteiger partial charge in [0.25, 0.3) is 0 Å². The van der Waals surface area contributed by atoms with Crippen LogP contribution < -0.4 is 0 Å². The number of aliphatic hydroxyl groups is 1. The minimum atomic E-state index is -1.95. The number of rotatable bonds is 4. The van der Waals surface area contributed by atoms with Crippen molar-refractivity contribution in [3.8, 4) is 0 Å². The second-order valence-corrected chi connectivity index (χ2v) is 12.6. The quantitative estimate of drug-likeness (QED) is 0.614. The van der Waals surface area contributed by atoms with Crippen LogP contribution in [0.1, 0.15) is 33.6 Å². The van der Waals surface area contributed by atoms with Gasteiger partial charge in [-0.2, -0.15) is 0 Å². The molecular formula is C15H30O3SSi. The van der Waals surface area contributed by atoms with E-state index < -0.39 is 14.4 Å². The average Bonchev–Trinajstić information content (AvgIpc) is 2.29. The predicted molar refractivity (Wildman–Crippen MR) is 89.7 cm³/mol. The fraction of sp³-hybridized carbons (Fsp3) is 0.867. The van der Waals surface area contributed by atoms with Gasteiger partial charge in [-0.1, -0.05) is 27.4 Å². The van der Waals surface area contributed by atoms with E-state index in [9.17, 15) is 5.11 Å². The van der Waals surface area contributed by atoms with E-state index in [1.54, 1.807) is 7.11 Å². The molecule has 0 radical (unpaired) electrons. The van der Waals surface area contributed by atoms with Crippen molar-refractivity contribution in [2.24, 2.45) is 5.92 Å². The summed E-state index contributed by atoms with van der Waals surface area (Å²) >= 11 is 4.39. The van der Waals surface area contributed by atoms with Gasteiger partial charge in [-0.3, -0.25) is 0 Å². The lowest BCUT2D eigenvalue weighted by molar-refractivity contribution is -0.109. The van der Waals surface area contributed by atoms with E-state index in [0.29, 0.717) is 6.42 Å². The van der Waals surface area contributed by atoms with E-state index in [1.807, 2.05) is 0 Å². The molecule has 1 aliphatic carbocycles. The molecule has 1 saturated carbocycles. The van der Waals surface area contributed by atoms with Crippen molar-refractivity contribution in [1.82, 2.24) is 0 Å². The number of thiol groups is 1. The van der Waals surface area contributed by atoms with Crippen LogP contribution in [0.5, 0.6) is 0 Å². The Bertz CT molecular complexity index is 352. The summed E-state index contributed by atoms with van der Waals surface area (Å²) in [7, 11) is -0.276. The highest BCUT2D eigenvalue weighted by Gasteiger charge is 2.46. The van der Waals surface area contributed by atoms with Crippen molar-refractivity contribution in [2.45, 2.75) is 70.1 Å². The van der Waals surface area contributed by atoms with Crippen LogP contribution in [0.3, 0.4) is 0 Å².